The second kappa shape index (κ2) is 6.83. The Hall–Kier alpha value is -0.430. The fourth-order valence-corrected chi connectivity index (χ4v) is 5.04. The van der Waals surface area contributed by atoms with E-state index in [1.807, 2.05) is 7.05 Å². The molecule has 2 N–H and O–H groups in total. The van der Waals surface area contributed by atoms with Crippen LogP contribution in [0, 0.1) is 0 Å². The summed E-state index contributed by atoms with van der Waals surface area (Å²) in [7, 11) is -1.48. The first-order valence-corrected chi connectivity index (χ1v) is 9.22. The average Bonchev–Trinajstić information content (AvgIpc) is 2.69. The third kappa shape index (κ3) is 4.27. The van der Waals surface area contributed by atoms with Crippen LogP contribution < -0.4 is 10.0 Å². The Morgan fingerprint density at radius 1 is 1.26 bits per heavy atom. The maximum atomic E-state index is 12.3. The maximum absolute atomic E-state index is 12.3. The van der Waals surface area contributed by atoms with Crippen LogP contribution in [0.2, 0.25) is 0 Å². The molecule has 1 aromatic rings. The lowest BCUT2D eigenvalue weighted by Crippen LogP contribution is -2.34. The first-order chi connectivity index (χ1) is 9.12. The molecule has 1 fully saturated rings. The van der Waals surface area contributed by atoms with E-state index >= 15 is 0 Å². The van der Waals surface area contributed by atoms with Crippen molar-refractivity contribution in [2.45, 2.75) is 56.0 Å². The van der Waals surface area contributed by atoms with Crippen LogP contribution >= 0.6 is 11.3 Å². The molecular weight excluding hydrogens is 280 g/mol. The molecule has 108 valence electrons. The van der Waals surface area contributed by atoms with Gasteiger partial charge in [-0.2, -0.15) is 0 Å². The van der Waals surface area contributed by atoms with E-state index in [9.17, 15) is 8.42 Å². The zero-order valence-electron chi connectivity index (χ0n) is 11.3. The van der Waals surface area contributed by atoms with E-state index in [0.29, 0.717) is 11.4 Å². The minimum atomic E-state index is -3.34. The normalized spacial score (nSPS) is 18.4. The number of nitrogens with one attached hydrogen (secondary N) is 2. The highest BCUT2D eigenvalue weighted by Crippen LogP contribution is 2.22. The molecule has 0 unspecified atom stereocenters. The van der Waals surface area contributed by atoms with Gasteiger partial charge in [0.1, 0.15) is 0 Å². The summed E-state index contributed by atoms with van der Waals surface area (Å²) in [6.07, 6.45) is 6.63. The molecule has 6 heteroatoms. The van der Waals surface area contributed by atoms with E-state index in [0.717, 1.165) is 30.6 Å². The van der Waals surface area contributed by atoms with Crippen molar-refractivity contribution in [3.8, 4) is 0 Å². The predicted octanol–water partition coefficient (Wildman–Crippen LogP) is 2.47. The molecule has 0 saturated heterocycles. The van der Waals surface area contributed by atoms with E-state index < -0.39 is 10.0 Å². The Balaban J connectivity index is 2.03. The van der Waals surface area contributed by atoms with Gasteiger partial charge >= 0.3 is 0 Å². The van der Waals surface area contributed by atoms with Crippen molar-refractivity contribution in [1.29, 1.82) is 0 Å². The summed E-state index contributed by atoms with van der Waals surface area (Å²) in [6.45, 7) is 0.712. The minimum absolute atomic E-state index is 0.111. The highest BCUT2D eigenvalue weighted by Gasteiger charge is 2.22. The van der Waals surface area contributed by atoms with E-state index in [4.69, 9.17) is 0 Å². The topological polar surface area (TPSA) is 58.2 Å². The summed E-state index contributed by atoms with van der Waals surface area (Å²) in [4.78, 5) is 1.45. The van der Waals surface area contributed by atoms with Crippen LogP contribution in [0.15, 0.2) is 16.3 Å². The molecule has 0 spiro atoms. The molecule has 4 nitrogen and oxygen atoms in total. The third-order valence-electron chi connectivity index (χ3n) is 3.47. The second-order valence-corrected chi connectivity index (χ2v) is 7.80. The van der Waals surface area contributed by atoms with Crippen LogP contribution in [0.4, 0.5) is 0 Å². The van der Waals surface area contributed by atoms with Gasteiger partial charge in [-0.15, -0.1) is 11.3 Å². The summed E-state index contributed by atoms with van der Waals surface area (Å²) < 4.78 is 27.5. The van der Waals surface area contributed by atoms with Crippen molar-refractivity contribution in [3.63, 3.8) is 0 Å². The van der Waals surface area contributed by atoms with Crippen LogP contribution in [0.5, 0.6) is 0 Å². The molecule has 0 radical (unpaired) electrons. The van der Waals surface area contributed by atoms with Crippen LogP contribution in [-0.2, 0) is 16.6 Å². The van der Waals surface area contributed by atoms with Crippen LogP contribution in [0.25, 0.3) is 0 Å². The molecule has 0 bridgehead atoms. The number of sulfonamides is 1. The molecule has 0 amide bonds. The average molecular weight is 302 g/mol. The zero-order chi connectivity index (χ0) is 13.7. The lowest BCUT2D eigenvalue weighted by atomic mass is 10.1. The Kier molecular flexibility index (Phi) is 5.38. The number of hydrogen-bond acceptors (Lipinski definition) is 4. The van der Waals surface area contributed by atoms with Gasteiger partial charge in [-0.05, 0) is 26.0 Å². The molecule has 1 saturated carbocycles. The number of hydrogen-bond donors (Lipinski definition) is 2. The van der Waals surface area contributed by atoms with E-state index in [2.05, 4.69) is 10.0 Å². The molecule has 0 atom stereocenters. The van der Waals surface area contributed by atoms with Gasteiger partial charge in [0.05, 0.1) is 4.90 Å². The monoisotopic (exact) mass is 302 g/mol. The molecular formula is C13H22N2O2S2. The largest absolute Gasteiger partial charge is 0.315 e. The molecule has 19 heavy (non-hydrogen) atoms. The first kappa shape index (κ1) is 15.0. The van der Waals surface area contributed by atoms with Gasteiger partial charge in [0, 0.05) is 22.8 Å². The Bertz CT molecular complexity index is 488. The van der Waals surface area contributed by atoms with E-state index in [-0.39, 0.29) is 6.04 Å². The highest BCUT2D eigenvalue weighted by molar-refractivity contribution is 7.89. The second-order valence-electron chi connectivity index (χ2n) is 5.09. The predicted molar refractivity (Wildman–Crippen MR) is 78.9 cm³/mol. The Morgan fingerprint density at radius 3 is 2.58 bits per heavy atom. The van der Waals surface area contributed by atoms with Crippen molar-refractivity contribution in [1.82, 2.24) is 10.0 Å². The Morgan fingerprint density at radius 2 is 1.95 bits per heavy atom. The number of thiophene rings is 1. The summed E-state index contributed by atoms with van der Waals surface area (Å²) >= 11 is 1.49. The molecule has 2 rings (SSSR count). The first-order valence-electron chi connectivity index (χ1n) is 6.86. The van der Waals surface area contributed by atoms with E-state index in [1.165, 1.54) is 24.2 Å². The van der Waals surface area contributed by atoms with Crippen molar-refractivity contribution in [3.05, 3.63) is 16.3 Å². The molecule has 0 aromatic carbocycles. The van der Waals surface area contributed by atoms with Crippen LogP contribution in [0.1, 0.15) is 43.4 Å². The van der Waals surface area contributed by atoms with Gasteiger partial charge in [-0.1, -0.05) is 25.7 Å². The standard InChI is InChI=1S/C13H22N2O2S2/c1-14-9-12-8-13(10-18-12)19(16,17)15-11-6-4-2-3-5-7-11/h8,10-11,14-15H,2-7,9H2,1H3. The molecule has 1 aliphatic carbocycles. The van der Waals surface area contributed by atoms with Gasteiger partial charge in [0.25, 0.3) is 0 Å². The number of rotatable bonds is 5. The smallest absolute Gasteiger partial charge is 0.241 e. The third-order valence-corrected chi connectivity index (χ3v) is 6.05. The minimum Gasteiger partial charge on any atom is -0.315 e. The lowest BCUT2D eigenvalue weighted by molar-refractivity contribution is 0.510. The SMILES string of the molecule is CNCc1cc(S(=O)(=O)NC2CCCCCC2)cs1. The summed E-state index contributed by atoms with van der Waals surface area (Å²) in [5.41, 5.74) is 0. The van der Waals surface area contributed by atoms with Crippen LogP contribution in [-0.4, -0.2) is 21.5 Å². The van der Waals surface area contributed by atoms with Gasteiger partial charge < -0.3 is 5.32 Å². The van der Waals surface area contributed by atoms with Crippen molar-refractivity contribution < 1.29 is 8.42 Å². The van der Waals surface area contributed by atoms with Gasteiger partial charge in [0.15, 0.2) is 0 Å². The maximum Gasteiger partial charge on any atom is 0.241 e. The molecule has 0 aliphatic heterocycles. The summed E-state index contributed by atoms with van der Waals surface area (Å²) in [6, 6.07) is 1.88. The van der Waals surface area contributed by atoms with Gasteiger partial charge in [0.2, 0.25) is 10.0 Å². The lowest BCUT2D eigenvalue weighted by Gasteiger charge is -2.15. The fourth-order valence-electron chi connectivity index (χ4n) is 2.45. The highest BCUT2D eigenvalue weighted by atomic mass is 32.2. The van der Waals surface area contributed by atoms with Crippen molar-refractivity contribution in [2.24, 2.45) is 0 Å². The Labute approximate surface area is 119 Å². The molecule has 1 aliphatic rings. The summed E-state index contributed by atoms with van der Waals surface area (Å²) in [5.74, 6) is 0. The quantitative estimate of drug-likeness (QED) is 0.822. The van der Waals surface area contributed by atoms with Crippen molar-refractivity contribution >= 4 is 21.4 Å². The molecule has 1 heterocycles. The van der Waals surface area contributed by atoms with Gasteiger partial charge in [-0.3, -0.25) is 0 Å². The van der Waals surface area contributed by atoms with E-state index in [1.54, 1.807) is 11.4 Å². The molecule has 1 aromatic heterocycles. The van der Waals surface area contributed by atoms with Crippen LogP contribution in [0.3, 0.4) is 0 Å². The summed E-state index contributed by atoms with van der Waals surface area (Å²) in [5, 5.41) is 4.76. The zero-order valence-corrected chi connectivity index (χ0v) is 12.9. The fraction of sp³-hybridized carbons (Fsp3) is 0.692. The van der Waals surface area contributed by atoms with Crippen molar-refractivity contribution in [2.75, 3.05) is 7.05 Å². The van der Waals surface area contributed by atoms with Gasteiger partial charge in [-0.25, -0.2) is 13.1 Å².